The van der Waals surface area contributed by atoms with E-state index in [1.165, 1.54) is 0 Å². The summed E-state index contributed by atoms with van der Waals surface area (Å²) in [5.74, 6) is 1.10. The monoisotopic (exact) mass is 416 g/mol. The van der Waals surface area contributed by atoms with Crippen LogP contribution in [-0.4, -0.2) is 58.9 Å². The van der Waals surface area contributed by atoms with E-state index in [2.05, 4.69) is 17.6 Å². The van der Waals surface area contributed by atoms with Gasteiger partial charge in [0.25, 0.3) is 0 Å². The van der Waals surface area contributed by atoms with Crippen LogP contribution in [0.3, 0.4) is 0 Å². The number of amides is 1. The van der Waals surface area contributed by atoms with E-state index in [0.29, 0.717) is 12.6 Å². The summed E-state index contributed by atoms with van der Waals surface area (Å²) >= 11 is 0. The summed E-state index contributed by atoms with van der Waals surface area (Å²) in [5, 5.41) is 16.5. The van der Waals surface area contributed by atoms with Crippen molar-refractivity contribution in [1.82, 2.24) is 15.5 Å². The predicted molar refractivity (Wildman–Crippen MR) is 119 cm³/mol. The van der Waals surface area contributed by atoms with Gasteiger partial charge in [-0.1, -0.05) is 12.1 Å². The number of benzene rings is 1. The second kappa shape index (κ2) is 9.58. The fraction of sp³-hybridized carbons (Fsp3) is 0.652. The highest BCUT2D eigenvalue weighted by atomic mass is 16.6. The third-order valence-corrected chi connectivity index (χ3v) is 5.60. The van der Waals surface area contributed by atoms with E-state index < -0.39 is 5.60 Å². The van der Waals surface area contributed by atoms with Crippen LogP contribution in [-0.2, 0) is 11.2 Å². The zero-order valence-electron chi connectivity index (χ0n) is 18.6. The van der Waals surface area contributed by atoms with Gasteiger partial charge in [0.05, 0.1) is 0 Å². The molecule has 0 radical (unpaired) electrons. The third-order valence-electron chi connectivity index (χ3n) is 5.60. The van der Waals surface area contributed by atoms with Crippen molar-refractivity contribution in [3.05, 3.63) is 29.8 Å². The quantitative estimate of drug-likeness (QED) is 0.506. The lowest BCUT2D eigenvalue weighted by Crippen LogP contribution is -2.55. The van der Waals surface area contributed by atoms with Gasteiger partial charge in [0.2, 0.25) is 0 Å². The zero-order valence-corrected chi connectivity index (χ0v) is 18.6. The second-order valence-electron chi connectivity index (χ2n) is 9.27. The molecule has 1 aromatic carbocycles. The van der Waals surface area contributed by atoms with E-state index in [-0.39, 0.29) is 23.9 Å². The molecule has 2 aliphatic rings. The Kier molecular flexibility index (Phi) is 7.10. The number of phenols is 1. The van der Waals surface area contributed by atoms with E-state index in [4.69, 9.17) is 9.73 Å². The fourth-order valence-corrected chi connectivity index (χ4v) is 4.43. The topological polar surface area (TPSA) is 86.2 Å². The highest BCUT2D eigenvalue weighted by Crippen LogP contribution is 2.36. The molecule has 2 bridgehead atoms. The molecule has 7 nitrogen and oxygen atoms in total. The van der Waals surface area contributed by atoms with E-state index in [1.807, 2.05) is 37.8 Å². The Labute approximate surface area is 179 Å². The summed E-state index contributed by atoms with van der Waals surface area (Å²) in [6.45, 7) is 9.23. The molecule has 0 saturated carbocycles. The van der Waals surface area contributed by atoms with Crippen molar-refractivity contribution in [2.75, 3.05) is 13.1 Å². The SMILES string of the molecule is CCNC(=NCCc1cccc(O)c1)NC1CC2CCC(C1)N2C(=O)OC(C)(C)C. The summed E-state index contributed by atoms with van der Waals surface area (Å²) in [7, 11) is 0. The number of hydrogen-bond donors (Lipinski definition) is 3. The first-order valence-corrected chi connectivity index (χ1v) is 11.1. The zero-order chi connectivity index (χ0) is 21.7. The summed E-state index contributed by atoms with van der Waals surface area (Å²) in [6, 6.07) is 8.06. The minimum Gasteiger partial charge on any atom is -0.508 e. The second-order valence-corrected chi connectivity index (χ2v) is 9.27. The maximum Gasteiger partial charge on any atom is 0.410 e. The average molecular weight is 417 g/mol. The first-order chi connectivity index (χ1) is 14.2. The lowest BCUT2D eigenvalue weighted by Gasteiger charge is -2.40. The first-order valence-electron chi connectivity index (χ1n) is 11.1. The molecule has 7 heteroatoms. The molecule has 166 valence electrons. The number of phenolic OH excluding ortho intramolecular Hbond substituents is 1. The van der Waals surface area contributed by atoms with Gasteiger partial charge in [-0.15, -0.1) is 0 Å². The van der Waals surface area contributed by atoms with Crippen LogP contribution < -0.4 is 10.6 Å². The fourth-order valence-electron chi connectivity index (χ4n) is 4.43. The van der Waals surface area contributed by atoms with Crippen molar-refractivity contribution in [1.29, 1.82) is 0 Å². The number of rotatable bonds is 5. The summed E-state index contributed by atoms with van der Waals surface area (Å²) < 4.78 is 5.63. The number of aliphatic imine (C=N–C) groups is 1. The first kappa shape index (κ1) is 22.2. The number of nitrogens with zero attached hydrogens (tertiary/aromatic N) is 2. The molecule has 0 aromatic heterocycles. The number of aromatic hydroxyl groups is 1. The Balaban J connectivity index is 1.56. The van der Waals surface area contributed by atoms with Crippen molar-refractivity contribution in [2.45, 2.75) is 83.5 Å². The predicted octanol–water partition coefficient (Wildman–Crippen LogP) is 3.42. The number of carbonyl (C=O) groups is 1. The van der Waals surface area contributed by atoms with Gasteiger partial charge in [0, 0.05) is 31.2 Å². The van der Waals surface area contributed by atoms with Crippen LogP contribution >= 0.6 is 0 Å². The third kappa shape index (κ3) is 6.03. The van der Waals surface area contributed by atoms with Gasteiger partial charge in [-0.2, -0.15) is 0 Å². The van der Waals surface area contributed by atoms with E-state index >= 15 is 0 Å². The van der Waals surface area contributed by atoms with E-state index in [0.717, 1.165) is 50.2 Å². The van der Waals surface area contributed by atoms with Crippen molar-refractivity contribution < 1.29 is 14.6 Å². The van der Waals surface area contributed by atoms with Crippen LogP contribution in [0.1, 0.15) is 58.9 Å². The number of carbonyl (C=O) groups excluding carboxylic acids is 1. The molecule has 1 amide bonds. The molecule has 2 heterocycles. The largest absolute Gasteiger partial charge is 0.508 e. The summed E-state index contributed by atoms with van der Waals surface area (Å²) in [4.78, 5) is 19.3. The lowest BCUT2D eigenvalue weighted by molar-refractivity contribution is 0.00545. The maximum atomic E-state index is 12.6. The van der Waals surface area contributed by atoms with Gasteiger partial charge in [-0.05, 0) is 77.5 Å². The van der Waals surface area contributed by atoms with Crippen molar-refractivity contribution in [3.63, 3.8) is 0 Å². The molecule has 2 fully saturated rings. The number of piperidine rings is 1. The molecular weight excluding hydrogens is 380 g/mol. The van der Waals surface area contributed by atoms with Gasteiger partial charge >= 0.3 is 6.09 Å². The van der Waals surface area contributed by atoms with Crippen molar-refractivity contribution >= 4 is 12.1 Å². The number of ether oxygens (including phenoxy) is 1. The van der Waals surface area contributed by atoms with Gasteiger partial charge < -0.3 is 25.4 Å². The molecule has 2 atom stereocenters. The molecule has 2 saturated heterocycles. The Hall–Kier alpha value is -2.44. The van der Waals surface area contributed by atoms with Crippen LogP contribution in [0.5, 0.6) is 5.75 Å². The highest BCUT2D eigenvalue weighted by molar-refractivity contribution is 5.80. The number of guanidine groups is 1. The number of nitrogens with one attached hydrogen (secondary N) is 2. The standard InChI is InChI=1S/C23H36N4O3/c1-5-24-21(25-12-11-16-7-6-8-20(28)13-16)26-17-14-18-9-10-19(15-17)27(18)22(29)30-23(2,3)4/h6-8,13,17-19,28H,5,9-12,14-15H2,1-4H3,(H2,24,25,26). The normalized spacial score (nSPS) is 23.9. The molecule has 1 aromatic rings. The van der Waals surface area contributed by atoms with Crippen LogP contribution in [0, 0.1) is 0 Å². The summed E-state index contributed by atoms with van der Waals surface area (Å²) in [6.07, 6.45) is 4.48. The molecule has 0 aliphatic carbocycles. The summed E-state index contributed by atoms with van der Waals surface area (Å²) in [5.41, 5.74) is 0.602. The molecule has 2 unspecified atom stereocenters. The lowest BCUT2D eigenvalue weighted by atomic mass is 9.98. The number of hydrogen-bond acceptors (Lipinski definition) is 4. The molecule has 3 N–H and O–H groups in total. The maximum absolute atomic E-state index is 12.6. The van der Waals surface area contributed by atoms with E-state index in [1.54, 1.807) is 12.1 Å². The molecular formula is C23H36N4O3. The van der Waals surface area contributed by atoms with Crippen LogP contribution in [0.4, 0.5) is 4.79 Å². The van der Waals surface area contributed by atoms with Gasteiger partial charge in [-0.3, -0.25) is 4.99 Å². The van der Waals surface area contributed by atoms with Gasteiger partial charge in [0.15, 0.2) is 5.96 Å². The highest BCUT2D eigenvalue weighted by Gasteiger charge is 2.45. The Morgan fingerprint density at radius 2 is 1.97 bits per heavy atom. The Morgan fingerprint density at radius 1 is 1.27 bits per heavy atom. The van der Waals surface area contributed by atoms with Crippen molar-refractivity contribution in [2.24, 2.45) is 4.99 Å². The van der Waals surface area contributed by atoms with Crippen LogP contribution in [0.2, 0.25) is 0 Å². The smallest absolute Gasteiger partial charge is 0.410 e. The Bertz CT molecular complexity index is 745. The van der Waals surface area contributed by atoms with Crippen LogP contribution in [0.25, 0.3) is 0 Å². The average Bonchev–Trinajstić information content (AvgIpc) is 2.92. The molecule has 30 heavy (non-hydrogen) atoms. The number of fused-ring (bicyclic) bond motifs is 2. The molecule has 2 aliphatic heterocycles. The molecule has 0 spiro atoms. The van der Waals surface area contributed by atoms with Gasteiger partial charge in [0.1, 0.15) is 11.4 Å². The Morgan fingerprint density at radius 3 is 2.57 bits per heavy atom. The molecule has 3 rings (SSSR count). The minimum absolute atomic E-state index is 0.180. The van der Waals surface area contributed by atoms with Crippen LogP contribution in [0.15, 0.2) is 29.3 Å². The van der Waals surface area contributed by atoms with Gasteiger partial charge in [-0.25, -0.2) is 4.79 Å². The minimum atomic E-state index is -0.466. The van der Waals surface area contributed by atoms with Crippen molar-refractivity contribution in [3.8, 4) is 5.75 Å². The van der Waals surface area contributed by atoms with E-state index in [9.17, 15) is 9.90 Å².